The first-order chi connectivity index (χ1) is 13.2. The minimum absolute atomic E-state index is 0.175. The summed E-state index contributed by atoms with van der Waals surface area (Å²) >= 11 is 3.71. The molecule has 0 saturated carbocycles. The van der Waals surface area contributed by atoms with Crippen LogP contribution in [0.15, 0.2) is 53.4 Å². The summed E-state index contributed by atoms with van der Waals surface area (Å²) in [6.07, 6.45) is 7.14. The van der Waals surface area contributed by atoms with Gasteiger partial charge in [0.1, 0.15) is 0 Å². The van der Waals surface area contributed by atoms with E-state index < -0.39 is 5.41 Å². The summed E-state index contributed by atoms with van der Waals surface area (Å²) in [4.78, 5) is 24.3. The number of carbonyl (C=O) groups is 1. The molecule has 0 atom stereocenters. The maximum Gasteiger partial charge on any atom is 0.238 e. The average Bonchev–Trinajstić information content (AvgIpc) is 2.94. The van der Waals surface area contributed by atoms with E-state index in [1.807, 2.05) is 41.6 Å². The van der Waals surface area contributed by atoms with Gasteiger partial charge in [0.25, 0.3) is 0 Å². The Morgan fingerprint density at radius 1 is 1.15 bits per heavy atom. The molecule has 1 fully saturated rings. The van der Waals surface area contributed by atoms with Gasteiger partial charge in [-0.25, -0.2) is 0 Å². The van der Waals surface area contributed by atoms with Crippen LogP contribution in [0.5, 0.6) is 0 Å². The number of hydrogen-bond donors (Lipinski definition) is 1. The average molecular weight is 423 g/mol. The zero-order valence-electron chi connectivity index (χ0n) is 14.8. The normalized spacial score (nSPS) is 18.3. The number of amides is 1. The van der Waals surface area contributed by atoms with Gasteiger partial charge in [0.2, 0.25) is 5.91 Å². The second-order valence-corrected chi connectivity index (χ2v) is 8.02. The summed E-state index contributed by atoms with van der Waals surface area (Å²) in [6.45, 7) is 2.16. The molecule has 0 radical (unpaired) electrons. The number of carbonyl (C=O) groups excluding carboxylic acids is 1. The van der Waals surface area contributed by atoms with Crippen LogP contribution in [0, 0.1) is 0 Å². The zero-order chi connectivity index (χ0) is 18.4. The number of benzene rings is 1. The molecular weight excluding hydrogens is 404 g/mol. The number of pyridine rings is 2. The summed E-state index contributed by atoms with van der Waals surface area (Å²) < 4.78 is 0.949. The number of nitrogens with one attached hydrogen (secondary N) is 1. The second kappa shape index (κ2) is 6.39. The van der Waals surface area contributed by atoms with E-state index in [9.17, 15) is 4.79 Å². The van der Waals surface area contributed by atoms with Crippen LogP contribution >= 0.6 is 15.9 Å². The minimum atomic E-state index is -0.424. The Morgan fingerprint density at radius 3 is 2.81 bits per heavy atom. The Morgan fingerprint density at radius 2 is 1.96 bits per heavy atom. The minimum Gasteiger partial charge on any atom is -0.317 e. The molecule has 4 heterocycles. The largest absolute Gasteiger partial charge is 0.317 e. The highest BCUT2D eigenvalue weighted by molar-refractivity contribution is 9.10. The van der Waals surface area contributed by atoms with E-state index in [1.165, 1.54) is 0 Å². The summed E-state index contributed by atoms with van der Waals surface area (Å²) in [5.41, 5.74) is 2.47. The maximum absolute atomic E-state index is 13.5. The Balaban J connectivity index is 1.58. The van der Waals surface area contributed by atoms with Crippen LogP contribution in [-0.4, -0.2) is 29.0 Å². The van der Waals surface area contributed by atoms with Gasteiger partial charge in [-0.1, -0.05) is 24.3 Å². The molecule has 5 rings (SSSR count). The van der Waals surface area contributed by atoms with Gasteiger partial charge in [-0.2, -0.15) is 0 Å². The maximum atomic E-state index is 13.5. The fourth-order valence-electron chi connectivity index (χ4n) is 4.41. The molecule has 1 saturated heterocycles. The molecule has 1 N–H and O–H groups in total. The summed E-state index contributed by atoms with van der Waals surface area (Å²) in [6, 6.07) is 10.1. The van der Waals surface area contributed by atoms with Gasteiger partial charge in [-0.05, 0) is 58.9 Å². The molecular formula is C21H19BrN4O. The third kappa shape index (κ3) is 2.51. The highest BCUT2D eigenvalue weighted by Crippen LogP contribution is 2.47. The number of aromatic nitrogens is 2. The van der Waals surface area contributed by atoms with Gasteiger partial charge in [0, 0.05) is 22.3 Å². The molecule has 27 heavy (non-hydrogen) atoms. The quantitative estimate of drug-likeness (QED) is 0.685. The van der Waals surface area contributed by atoms with Crippen LogP contribution in [0.2, 0.25) is 0 Å². The van der Waals surface area contributed by atoms with E-state index in [4.69, 9.17) is 0 Å². The first kappa shape index (κ1) is 16.8. The second-order valence-electron chi connectivity index (χ2n) is 7.22. The van der Waals surface area contributed by atoms with Crippen molar-refractivity contribution in [2.45, 2.75) is 24.8 Å². The number of rotatable bonds is 2. The van der Waals surface area contributed by atoms with E-state index in [-0.39, 0.29) is 5.91 Å². The molecule has 1 aromatic carbocycles. The van der Waals surface area contributed by atoms with Gasteiger partial charge in [0.15, 0.2) is 0 Å². The molecule has 1 spiro atoms. The lowest BCUT2D eigenvalue weighted by molar-refractivity contribution is -0.124. The Labute approximate surface area is 165 Å². The van der Waals surface area contributed by atoms with Crippen LogP contribution < -0.4 is 10.2 Å². The van der Waals surface area contributed by atoms with Crippen LogP contribution in [-0.2, 0) is 16.8 Å². The SMILES string of the molecule is O=C1N(Cc2ncc3ccccc3c2Br)c2cnccc2C12CCNCC2. The molecule has 0 unspecified atom stereocenters. The number of piperidine rings is 1. The highest BCUT2D eigenvalue weighted by atomic mass is 79.9. The molecule has 1 amide bonds. The number of hydrogen-bond acceptors (Lipinski definition) is 4. The predicted octanol–water partition coefficient (Wildman–Crippen LogP) is 3.56. The number of halogens is 1. The molecule has 6 heteroatoms. The lowest BCUT2D eigenvalue weighted by Gasteiger charge is -2.33. The van der Waals surface area contributed by atoms with E-state index in [1.54, 1.807) is 6.20 Å². The van der Waals surface area contributed by atoms with Crippen molar-refractivity contribution >= 4 is 38.3 Å². The number of nitrogens with zero attached hydrogens (tertiary/aromatic N) is 3. The Bertz CT molecular complexity index is 1050. The first-order valence-electron chi connectivity index (χ1n) is 9.20. The predicted molar refractivity (Wildman–Crippen MR) is 109 cm³/mol. The Kier molecular flexibility index (Phi) is 3.98. The molecule has 3 aromatic rings. The van der Waals surface area contributed by atoms with Crippen molar-refractivity contribution in [3.8, 4) is 0 Å². The van der Waals surface area contributed by atoms with Crippen LogP contribution in [0.1, 0.15) is 24.1 Å². The van der Waals surface area contributed by atoms with E-state index in [0.717, 1.165) is 58.1 Å². The van der Waals surface area contributed by atoms with Crippen LogP contribution in [0.25, 0.3) is 10.8 Å². The fraction of sp³-hybridized carbons (Fsp3) is 0.286. The van der Waals surface area contributed by atoms with Crippen molar-refractivity contribution in [1.29, 1.82) is 0 Å². The summed E-state index contributed by atoms with van der Waals surface area (Å²) in [5, 5.41) is 5.56. The lowest BCUT2D eigenvalue weighted by Crippen LogP contribution is -2.47. The third-order valence-electron chi connectivity index (χ3n) is 5.84. The summed E-state index contributed by atoms with van der Waals surface area (Å²) in [7, 11) is 0. The van der Waals surface area contributed by atoms with Gasteiger partial charge >= 0.3 is 0 Å². The molecule has 0 aliphatic carbocycles. The molecule has 2 aliphatic heterocycles. The monoisotopic (exact) mass is 422 g/mol. The van der Waals surface area contributed by atoms with Crippen molar-refractivity contribution in [3.63, 3.8) is 0 Å². The van der Waals surface area contributed by atoms with Crippen LogP contribution in [0.3, 0.4) is 0 Å². The third-order valence-corrected chi connectivity index (χ3v) is 6.72. The number of fused-ring (bicyclic) bond motifs is 3. The molecule has 5 nitrogen and oxygen atoms in total. The van der Waals surface area contributed by atoms with Gasteiger partial charge in [-0.3, -0.25) is 14.8 Å². The van der Waals surface area contributed by atoms with Crippen molar-refractivity contribution in [1.82, 2.24) is 15.3 Å². The first-order valence-corrected chi connectivity index (χ1v) is 9.99. The van der Waals surface area contributed by atoms with Gasteiger partial charge in [0.05, 0.1) is 29.5 Å². The topological polar surface area (TPSA) is 58.1 Å². The number of anilines is 1. The molecule has 136 valence electrons. The van der Waals surface area contributed by atoms with E-state index in [2.05, 4.69) is 37.3 Å². The van der Waals surface area contributed by atoms with Gasteiger partial charge < -0.3 is 10.2 Å². The lowest BCUT2D eigenvalue weighted by atomic mass is 9.74. The fourth-order valence-corrected chi connectivity index (χ4v) is 5.00. The van der Waals surface area contributed by atoms with Gasteiger partial charge in [-0.15, -0.1) is 0 Å². The Hall–Kier alpha value is -2.31. The summed E-state index contributed by atoms with van der Waals surface area (Å²) in [5.74, 6) is 0.175. The van der Waals surface area contributed by atoms with Crippen molar-refractivity contribution < 1.29 is 4.79 Å². The van der Waals surface area contributed by atoms with Crippen molar-refractivity contribution in [2.75, 3.05) is 18.0 Å². The highest BCUT2D eigenvalue weighted by Gasteiger charge is 2.51. The molecule has 2 aliphatic rings. The van der Waals surface area contributed by atoms with Crippen molar-refractivity contribution in [2.24, 2.45) is 0 Å². The van der Waals surface area contributed by atoms with E-state index in [0.29, 0.717) is 6.54 Å². The standard InChI is InChI=1S/C21H19BrN4O/c22-19-15-4-2-1-3-14(15)11-25-17(19)13-26-18-12-24-8-5-16(18)21(20(26)27)6-9-23-10-7-21/h1-5,8,11-12,23H,6-7,9-10,13H2. The zero-order valence-corrected chi connectivity index (χ0v) is 16.4. The van der Waals surface area contributed by atoms with Crippen LogP contribution in [0.4, 0.5) is 5.69 Å². The van der Waals surface area contributed by atoms with Crippen molar-refractivity contribution in [3.05, 3.63) is 64.7 Å². The molecule has 2 aromatic heterocycles. The van der Waals surface area contributed by atoms with E-state index >= 15 is 0 Å². The molecule has 0 bridgehead atoms. The smallest absolute Gasteiger partial charge is 0.238 e.